The van der Waals surface area contributed by atoms with Crippen molar-refractivity contribution in [2.75, 3.05) is 13.2 Å². The number of nitrogens with two attached hydrogens (primary N) is 1. The van der Waals surface area contributed by atoms with E-state index in [0.29, 0.717) is 13.2 Å². The lowest BCUT2D eigenvalue weighted by molar-refractivity contribution is 0.328. The molecule has 12 heavy (non-hydrogen) atoms. The van der Waals surface area contributed by atoms with Crippen molar-refractivity contribution in [2.45, 2.75) is 0 Å². The fraction of sp³-hybridized carbons (Fsp3) is 0.200. The van der Waals surface area contributed by atoms with Gasteiger partial charge in [0.05, 0.1) is 0 Å². The van der Waals surface area contributed by atoms with Gasteiger partial charge in [0.15, 0.2) is 0 Å². The first-order chi connectivity index (χ1) is 5.86. The molecule has 0 bridgehead atoms. The van der Waals surface area contributed by atoms with Crippen LogP contribution in [0.25, 0.3) is 0 Å². The highest BCUT2D eigenvalue weighted by atomic mass is 16.5. The van der Waals surface area contributed by atoms with E-state index in [1.54, 1.807) is 0 Å². The van der Waals surface area contributed by atoms with E-state index >= 15 is 0 Å². The van der Waals surface area contributed by atoms with Crippen molar-refractivity contribution in [3.8, 4) is 18.1 Å². The topological polar surface area (TPSA) is 35.2 Å². The van der Waals surface area contributed by atoms with E-state index < -0.39 is 0 Å². The zero-order valence-electron chi connectivity index (χ0n) is 6.79. The summed E-state index contributed by atoms with van der Waals surface area (Å²) in [7, 11) is 0. The maximum atomic E-state index is 5.28. The summed E-state index contributed by atoms with van der Waals surface area (Å²) in [6, 6.07) is 7.39. The second-order valence-corrected chi connectivity index (χ2v) is 2.31. The van der Waals surface area contributed by atoms with E-state index in [9.17, 15) is 0 Å². The van der Waals surface area contributed by atoms with Crippen molar-refractivity contribution in [1.82, 2.24) is 0 Å². The minimum absolute atomic E-state index is 0.514. The van der Waals surface area contributed by atoms with Gasteiger partial charge >= 0.3 is 0 Å². The van der Waals surface area contributed by atoms with Gasteiger partial charge in [0.1, 0.15) is 12.4 Å². The highest BCUT2D eigenvalue weighted by molar-refractivity contribution is 5.38. The largest absolute Gasteiger partial charge is 0.492 e. The highest BCUT2D eigenvalue weighted by Crippen LogP contribution is 2.11. The lowest BCUT2D eigenvalue weighted by atomic mass is 10.2. The van der Waals surface area contributed by atoms with E-state index in [1.807, 2.05) is 24.3 Å². The molecule has 1 aromatic carbocycles. The third kappa shape index (κ3) is 2.30. The third-order valence-electron chi connectivity index (χ3n) is 1.39. The van der Waals surface area contributed by atoms with Crippen molar-refractivity contribution >= 4 is 0 Å². The molecule has 2 N–H and O–H groups in total. The van der Waals surface area contributed by atoms with Crippen molar-refractivity contribution in [2.24, 2.45) is 5.73 Å². The summed E-state index contributed by atoms with van der Waals surface area (Å²) in [6.07, 6.45) is 5.22. The standard InChI is InChI=1S/C10H11NO/c1-2-9-4-3-5-10(8-9)12-7-6-11/h1,3-5,8H,6-7,11H2. The van der Waals surface area contributed by atoms with Crippen molar-refractivity contribution in [3.05, 3.63) is 29.8 Å². The second-order valence-electron chi connectivity index (χ2n) is 2.31. The maximum Gasteiger partial charge on any atom is 0.120 e. The zero-order chi connectivity index (χ0) is 8.81. The van der Waals surface area contributed by atoms with Crippen molar-refractivity contribution < 1.29 is 4.74 Å². The number of terminal acetylenes is 1. The minimum atomic E-state index is 0.514. The molecule has 2 heteroatoms. The zero-order valence-corrected chi connectivity index (χ0v) is 6.79. The molecule has 0 fully saturated rings. The number of hydrogen-bond donors (Lipinski definition) is 1. The van der Waals surface area contributed by atoms with Crippen molar-refractivity contribution in [3.63, 3.8) is 0 Å². The molecule has 62 valence electrons. The summed E-state index contributed by atoms with van der Waals surface area (Å²) >= 11 is 0. The van der Waals surface area contributed by atoms with Crippen LogP contribution in [-0.4, -0.2) is 13.2 Å². The Morgan fingerprint density at radius 2 is 2.33 bits per heavy atom. The summed E-state index contributed by atoms with van der Waals surface area (Å²) < 4.78 is 5.28. The van der Waals surface area contributed by atoms with E-state index in [1.165, 1.54) is 0 Å². The maximum absolute atomic E-state index is 5.28. The molecule has 1 rings (SSSR count). The number of ether oxygens (including phenoxy) is 1. The van der Waals surface area contributed by atoms with Crippen LogP contribution in [0.15, 0.2) is 24.3 Å². The van der Waals surface area contributed by atoms with Gasteiger partial charge in [0, 0.05) is 12.1 Å². The molecule has 0 saturated carbocycles. The molecule has 0 atom stereocenters. The van der Waals surface area contributed by atoms with Gasteiger partial charge in [-0.15, -0.1) is 6.42 Å². The van der Waals surface area contributed by atoms with Gasteiger partial charge in [0.25, 0.3) is 0 Å². The summed E-state index contributed by atoms with van der Waals surface area (Å²) in [5.74, 6) is 3.31. The van der Waals surface area contributed by atoms with Crippen LogP contribution in [0.1, 0.15) is 5.56 Å². The molecule has 0 amide bonds. The van der Waals surface area contributed by atoms with Gasteiger partial charge in [-0.3, -0.25) is 0 Å². The van der Waals surface area contributed by atoms with E-state index in [2.05, 4.69) is 5.92 Å². The second kappa shape index (κ2) is 4.42. The Balaban J connectivity index is 2.68. The monoisotopic (exact) mass is 161 g/mol. The average molecular weight is 161 g/mol. The molecular weight excluding hydrogens is 150 g/mol. The van der Waals surface area contributed by atoms with Crippen molar-refractivity contribution in [1.29, 1.82) is 0 Å². The Morgan fingerprint density at radius 1 is 1.50 bits per heavy atom. The van der Waals surface area contributed by atoms with Crippen LogP contribution >= 0.6 is 0 Å². The quantitative estimate of drug-likeness (QED) is 0.671. The summed E-state index contributed by atoms with van der Waals surface area (Å²) in [4.78, 5) is 0. The lowest BCUT2D eigenvalue weighted by Crippen LogP contribution is -2.10. The molecule has 0 saturated heterocycles. The molecule has 0 radical (unpaired) electrons. The molecule has 1 aromatic rings. The molecule has 0 aliphatic carbocycles. The van der Waals surface area contributed by atoms with Crippen LogP contribution in [0.4, 0.5) is 0 Å². The molecule has 0 aromatic heterocycles. The Labute approximate surface area is 72.3 Å². The Hall–Kier alpha value is -1.46. The SMILES string of the molecule is C#Cc1cccc(OCCN)c1. The van der Waals surface area contributed by atoms with Crippen LogP contribution in [0, 0.1) is 12.3 Å². The van der Waals surface area contributed by atoms with Gasteiger partial charge in [-0.1, -0.05) is 12.0 Å². The van der Waals surface area contributed by atoms with Gasteiger partial charge in [-0.2, -0.15) is 0 Å². The molecule has 0 heterocycles. The lowest BCUT2D eigenvalue weighted by Gasteiger charge is -2.03. The fourth-order valence-corrected chi connectivity index (χ4v) is 0.852. The van der Waals surface area contributed by atoms with Gasteiger partial charge < -0.3 is 10.5 Å². The first kappa shape index (κ1) is 8.63. The summed E-state index contributed by atoms with van der Waals surface area (Å²) in [5, 5.41) is 0. The van der Waals surface area contributed by atoms with Crippen LogP contribution < -0.4 is 10.5 Å². The third-order valence-corrected chi connectivity index (χ3v) is 1.39. The normalized spacial score (nSPS) is 9.00. The average Bonchev–Trinajstić information content (AvgIpc) is 2.15. The van der Waals surface area contributed by atoms with E-state index in [4.69, 9.17) is 16.9 Å². The van der Waals surface area contributed by atoms with E-state index in [0.717, 1.165) is 11.3 Å². The fourth-order valence-electron chi connectivity index (χ4n) is 0.852. The van der Waals surface area contributed by atoms with Crippen LogP contribution in [-0.2, 0) is 0 Å². The molecule has 0 aliphatic rings. The Morgan fingerprint density at radius 3 is 3.00 bits per heavy atom. The van der Waals surface area contributed by atoms with Gasteiger partial charge in [0.2, 0.25) is 0 Å². The molecule has 0 spiro atoms. The van der Waals surface area contributed by atoms with Crippen LogP contribution in [0.5, 0.6) is 5.75 Å². The Kier molecular flexibility index (Phi) is 3.18. The molecule has 0 unspecified atom stereocenters. The molecular formula is C10H11NO. The smallest absolute Gasteiger partial charge is 0.120 e. The highest BCUT2D eigenvalue weighted by Gasteiger charge is 1.92. The number of rotatable bonds is 3. The molecule has 0 aliphatic heterocycles. The predicted molar refractivity (Wildman–Crippen MR) is 48.9 cm³/mol. The van der Waals surface area contributed by atoms with E-state index in [-0.39, 0.29) is 0 Å². The first-order valence-corrected chi connectivity index (χ1v) is 3.76. The number of benzene rings is 1. The minimum Gasteiger partial charge on any atom is -0.492 e. The molecule has 2 nitrogen and oxygen atoms in total. The Bertz CT molecular complexity index is 288. The van der Waals surface area contributed by atoms with Crippen LogP contribution in [0.2, 0.25) is 0 Å². The number of hydrogen-bond acceptors (Lipinski definition) is 2. The van der Waals surface area contributed by atoms with Gasteiger partial charge in [-0.05, 0) is 18.2 Å². The predicted octanol–water partition coefficient (Wildman–Crippen LogP) is 1.01. The summed E-state index contributed by atoms with van der Waals surface area (Å²) in [5.41, 5.74) is 6.11. The summed E-state index contributed by atoms with van der Waals surface area (Å²) in [6.45, 7) is 1.04. The van der Waals surface area contributed by atoms with Crippen LogP contribution in [0.3, 0.4) is 0 Å². The first-order valence-electron chi connectivity index (χ1n) is 3.76. The van der Waals surface area contributed by atoms with Gasteiger partial charge in [-0.25, -0.2) is 0 Å².